The highest BCUT2D eigenvalue weighted by atomic mass is 32.2. The summed E-state index contributed by atoms with van der Waals surface area (Å²) in [6.07, 6.45) is 0. The van der Waals surface area contributed by atoms with Crippen molar-refractivity contribution in [3.8, 4) is 33.8 Å². The van der Waals surface area contributed by atoms with E-state index >= 15 is 0 Å². The van der Waals surface area contributed by atoms with Crippen molar-refractivity contribution in [3.63, 3.8) is 0 Å². The van der Waals surface area contributed by atoms with Crippen LogP contribution in [0.1, 0.15) is 6.92 Å². The van der Waals surface area contributed by atoms with E-state index in [1.165, 1.54) is 24.8 Å². The molecule has 0 saturated carbocycles. The molecule has 35 heavy (non-hydrogen) atoms. The van der Waals surface area contributed by atoms with E-state index < -0.39 is 4.92 Å². The Morgan fingerprint density at radius 3 is 2.49 bits per heavy atom. The molecule has 9 heteroatoms. The lowest BCUT2D eigenvalue weighted by molar-refractivity contribution is -0.384. The Morgan fingerprint density at radius 2 is 1.74 bits per heavy atom. The minimum Gasteiger partial charge on any atom is -0.344 e. The molecule has 0 unspecified atom stereocenters. The molecule has 2 heterocycles. The zero-order chi connectivity index (χ0) is 24.5. The molecule has 1 N–H and O–H groups in total. The molecule has 8 nitrogen and oxygen atoms in total. The van der Waals surface area contributed by atoms with Crippen molar-refractivity contribution >= 4 is 34.1 Å². The monoisotopic (exact) mass is 483 g/mol. The second-order valence-electron chi connectivity index (χ2n) is 8.22. The molecule has 3 aromatic carbocycles. The number of ketones is 1. The smallest absolute Gasteiger partial charge is 0.270 e. The number of Topliss-reactive ketones (excluding diaryl/α,β-unsaturated/α-hetero) is 1. The fourth-order valence-electron chi connectivity index (χ4n) is 4.05. The lowest BCUT2D eigenvalue weighted by Gasteiger charge is -2.07. The minimum absolute atomic E-state index is 0.0253. The summed E-state index contributed by atoms with van der Waals surface area (Å²) in [5.41, 5.74) is 5.36. The van der Waals surface area contributed by atoms with Crippen molar-refractivity contribution < 1.29 is 9.72 Å². The van der Waals surface area contributed by atoms with Crippen LogP contribution in [0.2, 0.25) is 0 Å². The number of thioether (sulfide) groups is 1. The molecule has 0 saturated heterocycles. The third-order valence-corrected chi connectivity index (χ3v) is 6.73. The van der Waals surface area contributed by atoms with Crippen molar-refractivity contribution in [3.05, 3.63) is 82.9 Å². The Hall–Kier alpha value is -4.24. The lowest BCUT2D eigenvalue weighted by Crippen LogP contribution is -1.93. The summed E-state index contributed by atoms with van der Waals surface area (Å²) in [5, 5.41) is 21.4. The third-order valence-electron chi connectivity index (χ3n) is 5.73. The number of nitro benzene ring substituents is 1. The minimum atomic E-state index is -0.413. The number of rotatable bonds is 7. The molecule has 0 aliphatic carbocycles. The molecule has 0 aliphatic rings. The largest absolute Gasteiger partial charge is 0.344 e. The maximum atomic E-state index is 11.7. The Kier molecular flexibility index (Phi) is 5.92. The topological polar surface area (TPSA) is 107 Å². The maximum Gasteiger partial charge on any atom is 0.270 e. The van der Waals surface area contributed by atoms with Crippen LogP contribution in [-0.2, 0) is 11.8 Å². The number of aryl methyl sites for hydroxylation is 1. The van der Waals surface area contributed by atoms with Crippen molar-refractivity contribution in [1.82, 2.24) is 19.7 Å². The summed E-state index contributed by atoms with van der Waals surface area (Å²) in [6, 6.07) is 23.2. The van der Waals surface area contributed by atoms with Gasteiger partial charge in [0.15, 0.2) is 11.0 Å². The number of non-ortho nitro benzene ring substituents is 1. The van der Waals surface area contributed by atoms with Crippen LogP contribution in [-0.4, -0.2) is 36.2 Å². The predicted molar refractivity (Wildman–Crippen MR) is 137 cm³/mol. The van der Waals surface area contributed by atoms with Crippen LogP contribution in [0, 0.1) is 10.1 Å². The molecular formula is C26H21N5O3S. The average molecular weight is 484 g/mol. The van der Waals surface area contributed by atoms with E-state index in [0.29, 0.717) is 22.1 Å². The summed E-state index contributed by atoms with van der Waals surface area (Å²) in [5.74, 6) is 0.710. The number of carbonyl (C=O) groups excluding carboxylic acids is 1. The van der Waals surface area contributed by atoms with E-state index in [4.69, 9.17) is 0 Å². The van der Waals surface area contributed by atoms with Crippen molar-refractivity contribution in [2.75, 3.05) is 5.75 Å². The van der Waals surface area contributed by atoms with Gasteiger partial charge in [-0.05, 0) is 47.9 Å². The molecule has 0 atom stereocenters. The van der Waals surface area contributed by atoms with Crippen molar-refractivity contribution in [1.29, 1.82) is 0 Å². The first-order chi connectivity index (χ1) is 16.9. The average Bonchev–Trinajstić information content (AvgIpc) is 3.47. The van der Waals surface area contributed by atoms with E-state index in [2.05, 4.69) is 37.9 Å². The highest BCUT2D eigenvalue weighted by Crippen LogP contribution is 2.34. The van der Waals surface area contributed by atoms with Crippen LogP contribution in [0.3, 0.4) is 0 Å². The van der Waals surface area contributed by atoms with Crippen LogP contribution in [0.15, 0.2) is 78.0 Å². The fourth-order valence-corrected chi connectivity index (χ4v) is 4.65. The van der Waals surface area contributed by atoms with Gasteiger partial charge in [0.1, 0.15) is 5.78 Å². The summed E-state index contributed by atoms with van der Waals surface area (Å²) < 4.78 is 2.14. The SMILES string of the molecule is CC(=O)CSc1nnc(-c2cc(-c3ccc4c(c3)cc(-c3ccccc3)n4C)cc([N+](=O)[O-])c2)[nH]1. The van der Waals surface area contributed by atoms with E-state index in [1.54, 1.807) is 6.07 Å². The fraction of sp³-hybridized carbons (Fsp3) is 0.115. The summed E-state index contributed by atoms with van der Waals surface area (Å²) in [4.78, 5) is 25.6. The van der Waals surface area contributed by atoms with Crippen LogP contribution < -0.4 is 0 Å². The number of nitro groups is 1. The first-order valence-corrected chi connectivity index (χ1v) is 11.9. The van der Waals surface area contributed by atoms with Crippen molar-refractivity contribution in [2.24, 2.45) is 7.05 Å². The van der Waals surface area contributed by atoms with Gasteiger partial charge in [-0.1, -0.05) is 48.2 Å². The predicted octanol–water partition coefficient (Wildman–Crippen LogP) is 5.89. The van der Waals surface area contributed by atoms with Crippen LogP contribution in [0.5, 0.6) is 0 Å². The second kappa shape index (κ2) is 9.19. The summed E-state index contributed by atoms with van der Waals surface area (Å²) >= 11 is 1.24. The van der Waals surface area contributed by atoms with Gasteiger partial charge in [-0.25, -0.2) is 0 Å². The highest BCUT2D eigenvalue weighted by Gasteiger charge is 2.16. The molecule has 174 valence electrons. The van der Waals surface area contributed by atoms with Gasteiger partial charge in [0, 0.05) is 41.3 Å². The molecule has 0 fully saturated rings. The zero-order valence-electron chi connectivity index (χ0n) is 19.1. The second-order valence-corrected chi connectivity index (χ2v) is 9.19. The number of aromatic amines is 1. The molecule has 0 amide bonds. The van der Waals surface area contributed by atoms with Gasteiger partial charge in [0.05, 0.1) is 10.7 Å². The van der Waals surface area contributed by atoms with Crippen molar-refractivity contribution in [2.45, 2.75) is 12.1 Å². The molecule has 0 spiro atoms. The summed E-state index contributed by atoms with van der Waals surface area (Å²) in [6.45, 7) is 1.50. The van der Waals surface area contributed by atoms with Crippen LogP contribution >= 0.6 is 11.8 Å². The number of nitrogens with one attached hydrogen (secondary N) is 1. The number of carbonyl (C=O) groups is 1. The highest BCUT2D eigenvalue weighted by molar-refractivity contribution is 7.99. The van der Waals surface area contributed by atoms with Gasteiger partial charge < -0.3 is 9.55 Å². The van der Waals surface area contributed by atoms with E-state index in [1.807, 2.05) is 49.5 Å². The number of nitrogens with zero attached hydrogens (tertiary/aromatic N) is 4. The van der Waals surface area contributed by atoms with E-state index in [9.17, 15) is 14.9 Å². The maximum absolute atomic E-state index is 11.7. The third kappa shape index (κ3) is 4.58. The number of H-pyrrole nitrogens is 1. The van der Waals surface area contributed by atoms with Gasteiger partial charge in [0.2, 0.25) is 0 Å². The van der Waals surface area contributed by atoms with Gasteiger partial charge >= 0.3 is 0 Å². The van der Waals surface area contributed by atoms with Gasteiger partial charge in [-0.3, -0.25) is 14.9 Å². The molecule has 2 aromatic heterocycles. The molecule has 0 radical (unpaired) electrons. The molecular weight excluding hydrogens is 462 g/mol. The first kappa shape index (κ1) is 22.5. The number of fused-ring (bicyclic) bond motifs is 1. The Labute approximate surface area is 205 Å². The molecule has 0 aliphatic heterocycles. The zero-order valence-corrected chi connectivity index (χ0v) is 19.9. The summed E-state index contributed by atoms with van der Waals surface area (Å²) in [7, 11) is 2.03. The standard InChI is InChI=1S/C26H21N5O3S/c1-16(32)15-35-26-27-25(28-29-26)21-11-19(12-22(13-21)31(33)34)18-8-9-23-20(10-18)14-24(30(23)2)17-6-4-3-5-7-17/h3-14H,15H2,1-2H3,(H,27,28,29). The first-order valence-electron chi connectivity index (χ1n) is 10.9. The van der Waals surface area contributed by atoms with Crippen LogP contribution in [0.4, 0.5) is 5.69 Å². The molecule has 0 bridgehead atoms. The molecule has 5 aromatic rings. The van der Waals surface area contributed by atoms with Gasteiger partial charge in [-0.2, -0.15) is 0 Å². The normalized spacial score (nSPS) is 11.1. The van der Waals surface area contributed by atoms with E-state index in [-0.39, 0.29) is 17.2 Å². The molecule has 5 rings (SSSR count). The Morgan fingerprint density at radius 1 is 0.971 bits per heavy atom. The lowest BCUT2D eigenvalue weighted by atomic mass is 10.0. The Bertz CT molecular complexity index is 1570. The van der Waals surface area contributed by atoms with Crippen LogP contribution in [0.25, 0.3) is 44.7 Å². The van der Waals surface area contributed by atoms with Gasteiger partial charge in [-0.15, -0.1) is 10.2 Å². The number of hydrogen-bond acceptors (Lipinski definition) is 6. The Balaban J connectivity index is 1.56. The number of hydrogen-bond donors (Lipinski definition) is 1. The number of benzene rings is 3. The van der Waals surface area contributed by atoms with E-state index in [0.717, 1.165) is 27.7 Å². The number of aromatic nitrogens is 4. The quantitative estimate of drug-likeness (QED) is 0.176. The van der Waals surface area contributed by atoms with Gasteiger partial charge in [0.25, 0.3) is 5.69 Å².